The molecule has 1 atom stereocenters. The maximum atomic E-state index is 11.4. The van der Waals surface area contributed by atoms with Crippen LogP contribution in [-0.2, 0) is 4.79 Å². The van der Waals surface area contributed by atoms with Crippen molar-refractivity contribution in [2.45, 2.75) is 39.0 Å². The molecule has 3 aliphatic carbocycles. The van der Waals surface area contributed by atoms with Gasteiger partial charge in [-0.05, 0) is 38.0 Å². The minimum atomic E-state index is -0.689. The van der Waals surface area contributed by atoms with Gasteiger partial charge in [-0.1, -0.05) is 23.7 Å². The Morgan fingerprint density at radius 1 is 1.38 bits per heavy atom. The molecule has 90 valence electrons. The third kappa shape index (κ3) is 1.35. The number of halogens is 1. The molecule has 0 aromatic heterocycles. The quantitative estimate of drug-likeness (QED) is 0.446. The van der Waals surface area contributed by atoms with Gasteiger partial charge in [0.05, 0.1) is 5.41 Å². The number of carbonyl (C=O) groups is 1. The van der Waals surface area contributed by atoms with E-state index in [-0.39, 0.29) is 16.5 Å². The molecule has 0 aromatic rings. The molecule has 16 heavy (non-hydrogen) atoms. The summed E-state index contributed by atoms with van der Waals surface area (Å²) >= 11 is 5.97. The van der Waals surface area contributed by atoms with E-state index < -0.39 is 11.4 Å². The van der Waals surface area contributed by atoms with Gasteiger partial charge in [0.1, 0.15) is 0 Å². The standard InChI is InChI=1S/C11H16ClNO3/c1-7-6-10(8(12)13-16)2-4-11(7,5-3-10)9(14)15/h7,16H,2-6H2,1H3,(H,14,15). The van der Waals surface area contributed by atoms with Gasteiger partial charge in [0.15, 0.2) is 5.17 Å². The second-order valence-corrected chi connectivity index (χ2v) is 5.60. The molecule has 0 heterocycles. The molecule has 5 heteroatoms. The van der Waals surface area contributed by atoms with Gasteiger partial charge in [-0.3, -0.25) is 4.79 Å². The molecular weight excluding hydrogens is 230 g/mol. The number of nitrogens with zero attached hydrogens (tertiary/aromatic N) is 1. The fourth-order valence-electron chi connectivity index (χ4n) is 3.47. The zero-order valence-corrected chi connectivity index (χ0v) is 10.00. The van der Waals surface area contributed by atoms with E-state index in [1.54, 1.807) is 0 Å². The molecule has 0 aromatic carbocycles. The number of fused-ring (bicyclic) bond motifs is 3. The van der Waals surface area contributed by atoms with Crippen molar-refractivity contribution in [1.82, 2.24) is 0 Å². The van der Waals surface area contributed by atoms with Crippen molar-refractivity contribution in [3.8, 4) is 0 Å². The van der Waals surface area contributed by atoms with E-state index in [1.165, 1.54) is 0 Å². The summed E-state index contributed by atoms with van der Waals surface area (Å²) in [5.41, 5.74) is -0.846. The Hall–Kier alpha value is -0.770. The Bertz CT molecular complexity index is 345. The zero-order valence-electron chi connectivity index (χ0n) is 9.24. The number of oxime groups is 1. The number of rotatable bonds is 2. The largest absolute Gasteiger partial charge is 0.481 e. The van der Waals surface area contributed by atoms with Gasteiger partial charge < -0.3 is 10.3 Å². The van der Waals surface area contributed by atoms with E-state index in [0.29, 0.717) is 32.1 Å². The lowest BCUT2D eigenvalue weighted by Gasteiger charge is -2.54. The zero-order chi connectivity index (χ0) is 12.0. The molecule has 1 unspecified atom stereocenters. The molecule has 2 N–H and O–H groups in total. The lowest BCUT2D eigenvalue weighted by Crippen LogP contribution is -2.53. The Kier molecular flexibility index (Phi) is 2.65. The van der Waals surface area contributed by atoms with E-state index >= 15 is 0 Å². The fourth-order valence-corrected chi connectivity index (χ4v) is 3.74. The molecule has 0 amide bonds. The van der Waals surface area contributed by atoms with Gasteiger partial charge in [-0.25, -0.2) is 0 Å². The van der Waals surface area contributed by atoms with Crippen LogP contribution in [0.25, 0.3) is 0 Å². The van der Waals surface area contributed by atoms with Crippen LogP contribution < -0.4 is 0 Å². The first-order valence-electron chi connectivity index (χ1n) is 5.58. The average Bonchev–Trinajstić information content (AvgIpc) is 2.29. The molecule has 0 spiro atoms. The van der Waals surface area contributed by atoms with E-state index in [1.807, 2.05) is 6.92 Å². The van der Waals surface area contributed by atoms with E-state index in [4.69, 9.17) is 16.8 Å². The summed E-state index contributed by atoms with van der Waals surface area (Å²) in [4.78, 5) is 11.4. The summed E-state index contributed by atoms with van der Waals surface area (Å²) in [6.45, 7) is 1.96. The van der Waals surface area contributed by atoms with Crippen LogP contribution in [0, 0.1) is 16.7 Å². The maximum Gasteiger partial charge on any atom is 0.309 e. The number of aliphatic carboxylic acids is 1. The SMILES string of the molecule is CC1CC2(C(Cl)=NO)CCC1(C(=O)O)CC2. The Labute approximate surface area is 99.3 Å². The first kappa shape index (κ1) is 11.7. The molecule has 0 saturated heterocycles. The average molecular weight is 246 g/mol. The fraction of sp³-hybridized carbons (Fsp3) is 0.818. The van der Waals surface area contributed by atoms with Gasteiger partial charge in [0.2, 0.25) is 0 Å². The lowest BCUT2D eigenvalue weighted by molar-refractivity contribution is -0.162. The predicted molar refractivity (Wildman–Crippen MR) is 59.8 cm³/mol. The van der Waals surface area contributed by atoms with E-state index in [9.17, 15) is 9.90 Å². The van der Waals surface area contributed by atoms with Crippen molar-refractivity contribution >= 4 is 22.7 Å². The minimum Gasteiger partial charge on any atom is -0.481 e. The van der Waals surface area contributed by atoms with Crippen molar-refractivity contribution in [1.29, 1.82) is 0 Å². The summed E-state index contributed by atoms with van der Waals surface area (Å²) in [6.07, 6.45) is 3.41. The number of carboxylic acid groups (broad SMARTS) is 1. The smallest absolute Gasteiger partial charge is 0.309 e. The second kappa shape index (κ2) is 3.62. The Balaban J connectivity index is 2.30. The van der Waals surface area contributed by atoms with Crippen molar-refractivity contribution in [3.05, 3.63) is 0 Å². The van der Waals surface area contributed by atoms with Crippen LogP contribution in [0.3, 0.4) is 0 Å². The Morgan fingerprint density at radius 2 is 1.94 bits per heavy atom. The molecule has 3 fully saturated rings. The number of hydrogen-bond donors (Lipinski definition) is 2. The van der Waals surface area contributed by atoms with Crippen molar-refractivity contribution < 1.29 is 15.1 Å². The van der Waals surface area contributed by atoms with E-state index in [0.717, 1.165) is 0 Å². The molecule has 0 radical (unpaired) electrons. The van der Waals surface area contributed by atoms with Gasteiger partial charge in [0.25, 0.3) is 0 Å². The third-order valence-corrected chi connectivity index (χ3v) is 5.17. The van der Waals surface area contributed by atoms with Crippen LogP contribution in [0.5, 0.6) is 0 Å². The highest BCUT2D eigenvalue weighted by Crippen LogP contribution is 2.60. The normalized spacial score (nSPS) is 43.4. The Morgan fingerprint density at radius 3 is 2.31 bits per heavy atom. The third-order valence-electron chi connectivity index (χ3n) is 4.69. The van der Waals surface area contributed by atoms with Crippen LogP contribution in [-0.4, -0.2) is 21.5 Å². The molecule has 2 bridgehead atoms. The first-order chi connectivity index (χ1) is 7.47. The van der Waals surface area contributed by atoms with Crippen LogP contribution in [0.2, 0.25) is 0 Å². The lowest BCUT2D eigenvalue weighted by atomic mass is 9.50. The minimum absolute atomic E-state index is 0.0861. The summed E-state index contributed by atoms with van der Waals surface area (Å²) in [5.74, 6) is -0.603. The predicted octanol–water partition coefficient (Wildman–Crippen LogP) is 2.68. The molecule has 0 aliphatic heterocycles. The summed E-state index contributed by atoms with van der Waals surface area (Å²) in [7, 11) is 0. The summed E-state index contributed by atoms with van der Waals surface area (Å²) in [5, 5.41) is 21.5. The van der Waals surface area contributed by atoms with Gasteiger partial charge in [-0.15, -0.1) is 0 Å². The molecule has 3 aliphatic rings. The number of hydrogen-bond acceptors (Lipinski definition) is 3. The highest BCUT2D eigenvalue weighted by atomic mass is 35.5. The van der Waals surface area contributed by atoms with Crippen LogP contribution in [0.1, 0.15) is 39.0 Å². The molecule has 3 saturated carbocycles. The first-order valence-corrected chi connectivity index (χ1v) is 5.96. The van der Waals surface area contributed by atoms with Crippen molar-refractivity contribution in [2.75, 3.05) is 0 Å². The second-order valence-electron chi connectivity index (χ2n) is 5.24. The monoisotopic (exact) mass is 245 g/mol. The van der Waals surface area contributed by atoms with Crippen LogP contribution in [0.4, 0.5) is 0 Å². The van der Waals surface area contributed by atoms with Gasteiger partial charge in [-0.2, -0.15) is 0 Å². The van der Waals surface area contributed by atoms with Crippen LogP contribution in [0.15, 0.2) is 5.16 Å². The van der Waals surface area contributed by atoms with Crippen molar-refractivity contribution in [2.24, 2.45) is 21.9 Å². The molecule has 4 nitrogen and oxygen atoms in total. The highest BCUT2D eigenvalue weighted by molar-refractivity contribution is 6.66. The van der Waals surface area contributed by atoms with Crippen LogP contribution >= 0.6 is 11.6 Å². The van der Waals surface area contributed by atoms with E-state index in [2.05, 4.69) is 5.16 Å². The van der Waals surface area contributed by atoms with Crippen molar-refractivity contribution in [3.63, 3.8) is 0 Å². The molecular formula is C11H16ClNO3. The molecule has 3 rings (SSSR count). The highest BCUT2D eigenvalue weighted by Gasteiger charge is 2.58. The topological polar surface area (TPSA) is 69.9 Å². The summed E-state index contributed by atoms with van der Waals surface area (Å²) < 4.78 is 0. The maximum absolute atomic E-state index is 11.4. The summed E-state index contributed by atoms with van der Waals surface area (Å²) in [6, 6.07) is 0. The van der Waals surface area contributed by atoms with Gasteiger partial charge >= 0.3 is 5.97 Å². The number of carboxylic acids is 1. The van der Waals surface area contributed by atoms with Gasteiger partial charge in [0, 0.05) is 5.41 Å².